The fourth-order valence-electron chi connectivity index (χ4n) is 2.35. The Labute approximate surface area is 108 Å². The van der Waals surface area contributed by atoms with Crippen molar-refractivity contribution in [3.63, 3.8) is 0 Å². The SMILES string of the molecule is CC(C)(c1ccc(N)cc1)c1c(N)cccc1N. The van der Waals surface area contributed by atoms with Gasteiger partial charge in [0, 0.05) is 28.0 Å². The predicted molar refractivity (Wildman–Crippen MR) is 78.2 cm³/mol. The third kappa shape index (κ3) is 1.99. The van der Waals surface area contributed by atoms with E-state index in [1.807, 2.05) is 42.5 Å². The summed E-state index contributed by atoms with van der Waals surface area (Å²) in [5.41, 5.74) is 21.9. The molecule has 2 aromatic rings. The summed E-state index contributed by atoms with van der Waals surface area (Å²) in [5, 5.41) is 0. The van der Waals surface area contributed by atoms with Crippen molar-refractivity contribution < 1.29 is 0 Å². The molecule has 0 saturated carbocycles. The first-order valence-electron chi connectivity index (χ1n) is 5.93. The minimum absolute atomic E-state index is 0.247. The van der Waals surface area contributed by atoms with Crippen molar-refractivity contribution in [2.75, 3.05) is 17.2 Å². The van der Waals surface area contributed by atoms with Gasteiger partial charge in [-0.15, -0.1) is 0 Å². The lowest BCUT2D eigenvalue weighted by molar-refractivity contribution is 0.646. The molecule has 2 rings (SSSR count). The fourth-order valence-corrected chi connectivity index (χ4v) is 2.35. The Morgan fingerprint density at radius 3 is 1.78 bits per heavy atom. The van der Waals surface area contributed by atoms with Crippen molar-refractivity contribution in [3.8, 4) is 0 Å². The van der Waals surface area contributed by atoms with E-state index >= 15 is 0 Å². The first-order chi connectivity index (χ1) is 8.43. The fraction of sp³-hybridized carbons (Fsp3) is 0.200. The van der Waals surface area contributed by atoms with Crippen LogP contribution in [0.15, 0.2) is 42.5 Å². The summed E-state index contributed by atoms with van der Waals surface area (Å²) < 4.78 is 0. The van der Waals surface area contributed by atoms with Crippen molar-refractivity contribution in [1.29, 1.82) is 0 Å². The lowest BCUT2D eigenvalue weighted by Crippen LogP contribution is -2.22. The highest BCUT2D eigenvalue weighted by molar-refractivity contribution is 5.66. The largest absolute Gasteiger partial charge is 0.399 e. The molecule has 0 heterocycles. The Morgan fingerprint density at radius 2 is 1.28 bits per heavy atom. The first-order valence-corrected chi connectivity index (χ1v) is 5.93. The highest BCUT2D eigenvalue weighted by Gasteiger charge is 2.27. The number of nitrogens with two attached hydrogens (primary N) is 3. The summed E-state index contributed by atoms with van der Waals surface area (Å²) in [5.74, 6) is 0. The maximum Gasteiger partial charge on any atom is 0.0376 e. The van der Waals surface area contributed by atoms with E-state index in [1.165, 1.54) is 0 Å². The maximum atomic E-state index is 6.07. The van der Waals surface area contributed by atoms with Gasteiger partial charge >= 0.3 is 0 Å². The van der Waals surface area contributed by atoms with Gasteiger partial charge in [0.15, 0.2) is 0 Å². The van der Waals surface area contributed by atoms with Crippen LogP contribution < -0.4 is 17.2 Å². The van der Waals surface area contributed by atoms with Crippen LogP contribution >= 0.6 is 0 Å². The van der Waals surface area contributed by atoms with E-state index in [0.29, 0.717) is 0 Å². The van der Waals surface area contributed by atoms with Crippen molar-refractivity contribution >= 4 is 17.1 Å². The van der Waals surface area contributed by atoms with Gasteiger partial charge < -0.3 is 17.2 Å². The van der Waals surface area contributed by atoms with E-state index in [4.69, 9.17) is 17.2 Å². The van der Waals surface area contributed by atoms with Crippen LogP contribution in [0.25, 0.3) is 0 Å². The summed E-state index contributed by atoms with van der Waals surface area (Å²) in [6, 6.07) is 13.4. The number of hydrogen-bond acceptors (Lipinski definition) is 3. The zero-order valence-electron chi connectivity index (χ0n) is 10.8. The lowest BCUT2D eigenvalue weighted by atomic mass is 9.76. The maximum absolute atomic E-state index is 6.07. The van der Waals surface area contributed by atoms with Crippen molar-refractivity contribution in [2.24, 2.45) is 0 Å². The van der Waals surface area contributed by atoms with Gasteiger partial charge in [-0.05, 0) is 29.8 Å². The highest BCUT2D eigenvalue weighted by atomic mass is 14.6. The first kappa shape index (κ1) is 12.3. The van der Waals surface area contributed by atoms with Gasteiger partial charge in [0.2, 0.25) is 0 Å². The van der Waals surface area contributed by atoms with Crippen LogP contribution in [0.4, 0.5) is 17.1 Å². The minimum atomic E-state index is -0.247. The topological polar surface area (TPSA) is 78.1 Å². The molecule has 0 aromatic heterocycles. The molecule has 0 spiro atoms. The predicted octanol–water partition coefficient (Wildman–Crippen LogP) is 2.76. The average Bonchev–Trinajstić information content (AvgIpc) is 2.29. The Morgan fingerprint density at radius 1 is 0.778 bits per heavy atom. The third-order valence-corrected chi connectivity index (χ3v) is 3.39. The molecule has 0 radical (unpaired) electrons. The second-order valence-corrected chi connectivity index (χ2v) is 5.06. The summed E-state index contributed by atoms with van der Waals surface area (Å²) in [6.07, 6.45) is 0. The van der Waals surface area contributed by atoms with Crippen LogP contribution in [0, 0.1) is 0 Å². The monoisotopic (exact) mass is 241 g/mol. The van der Waals surface area contributed by atoms with Gasteiger partial charge in [-0.2, -0.15) is 0 Å². The Balaban J connectivity index is 2.57. The quantitative estimate of drug-likeness (QED) is 0.707. The molecule has 3 nitrogen and oxygen atoms in total. The van der Waals surface area contributed by atoms with Gasteiger partial charge in [0.25, 0.3) is 0 Å². The molecule has 0 unspecified atom stereocenters. The molecule has 18 heavy (non-hydrogen) atoms. The number of nitrogen functional groups attached to an aromatic ring is 3. The highest BCUT2D eigenvalue weighted by Crippen LogP contribution is 2.38. The van der Waals surface area contributed by atoms with Crippen molar-refractivity contribution in [1.82, 2.24) is 0 Å². The standard InChI is InChI=1S/C15H19N3/c1-15(2,10-6-8-11(16)9-7-10)14-12(17)4-3-5-13(14)18/h3-9H,16-18H2,1-2H3. The Hall–Kier alpha value is -2.16. The number of anilines is 3. The Bertz CT molecular complexity index is 536. The molecular formula is C15H19N3. The van der Waals surface area contributed by atoms with E-state index in [9.17, 15) is 0 Å². The minimum Gasteiger partial charge on any atom is -0.399 e. The smallest absolute Gasteiger partial charge is 0.0376 e. The molecule has 0 aliphatic heterocycles. The molecule has 0 fully saturated rings. The molecule has 0 atom stereocenters. The number of rotatable bonds is 2. The molecule has 6 N–H and O–H groups in total. The molecule has 0 saturated heterocycles. The molecule has 94 valence electrons. The zero-order valence-corrected chi connectivity index (χ0v) is 10.8. The zero-order chi connectivity index (χ0) is 13.3. The summed E-state index contributed by atoms with van der Waals surface area (Å²) in [7, 11) is 0. The van der Waals surface area contributed by atoms with E-state index in [-0.39, 0.29) is 5.41 Å². The molecule has 2 aromatic carbocycles. The molecule has 0 bridgehead atoms. The third-order valence-electron chi connectivity index (χ3n) is 3.39. The Kier molecular flexibility index (Phi) is 2.91. The lowest BCUT2D eigenvalue weighted by Gasteiger charge is -2.29. The molecular weight excluding hydrogens is 222 g/mol. The molecule has 0 aliphatic carbocycles. The molecule has 3 heteroatoms. The van der Waals surface area contributed by atoms with Gasteiger partial charge in [-0.1, -0.05) is 32.0 Å². The van der Waals surface area contributed by atoms with Gasteiger partial charge in [0.05, 0.1) is 0 Å². The summed E-state index contributed by atoms with van der Waals surface area (Å²) in [6.45, 7) is 4.22. The van der Waals surface area contributed by atoms with Crippen LogP contribution in [0.1, 0.15) is 25.0 Å². The number of hydrogen-bond donors (Lipinski definition) is 3. The van der Waals surface area contributed by atoms with Crippen LogP contribution in [0.2, 0.25) is 0 Å². The van der Waals surface area contributed by atoms with Gasteiger partial charge in [0.1, 0.15) is 0 Å². The normalized spacial score (nSPS) is 11.4. The summed E-state index contributed by atoms with van der Waals surface area (Å²) >= 11 is 0. The van der Waals surface area contributed by atoms with E-state index in [0.717, 1.165) is 28.2 Å². The van der Waals surface area contributed by atoms with Crippen LogP contribution in [-0.2, 0) is 5.41 Å². The van der Waals surface area contributed by atoms with Gasteiger partial charge in [-0.3, -0.25) is 0 Å². The van der Waals surface area contributed by atoms with E-state index in [2.05, 4.69) is 13.8 Å². The second kappa shape index (κ2) is 4.26. The molecule has 0 amide bonds. The number of benzene rings is 2. The van der Waals surface area contributed by atoms with Gasteiger partial charge in [-0.25, -0.2) is 0 Å². The van der Waals surface area contributed by atoms with E-state index in [1.54, 1.807) is 0 Å². The van der Waals surface area contributed by atoms with Crippen LogP contribution in [0.5, 0.6) is 0 Å². The second-order valence-electron chi connectivity index (χ2n) is 5.06. The van der Waals surface area contributed by atoms with Crippen molar-refractivity contribution in [3.05, 3.63) is 53.6 Å². The van der Waals surface area contributed by atoms with E-state index < -0.39 is 0 Å². The van der Waals surface area contributed by atoms with Crippen LogP contribution in [-0.4, -0.2) is 0 Å². The van der Waals surface area contributed by atoms with Crippen LogP contribution in [0.3, 0.4) is 0 Å². The molecule has 0 aliphatic rings. The average molecular weight is 241 g/mol. The summed E-state index contributed by atoms with van der Waals surface area (Å²) in [4.78, 5) is 0. The van der Waals surface area contributed by atoms with Crippen molar-refractivity contribution in [2.45, 2.75) is 19.3 Å².